The van der Waals surface area contributed by atoms with E-state index in [0.29, 0.717) is 24.5 Å². The number of aryl methyl sites for hydroxylation is 2. The van der Waals surface area contributed by atoms with Gasteiger partial charge in [-0.2, -0.15) is 0 Å². The van der Waals surface area contributed by atoms with Gasteiger partial charge in [0.1, 0.15) is 17.7 Å². The Balaban J connectivity index is 1.65. The summed E-state index contributed by atoms with van der Waals surface area (Å²) in [4.78, 5) is 18.7. The minimum atomic E-state index is -0.697. The number of nitrogens with one attached hydrogen (secondary N) is 1. The van der Waals surface area contributed by atoms with E-state index in [4.69, 9.17) is 4.42 Å². The van der Waals surface area contributed by atoms with Crippen molar-refractivity contribution in [3.8, 4) is 0 Å². The molecule has 1 fully saturated rings. The lowest BCUT2D eigenvalue weighted by atomic mass is 10.1. The van der Waals surface area contributed by atoms with Gasteiger partial charge in [-0.25, -0.2) is 9.78 Å². The number of aromatic nitrogens is 1. The number of carbonyl (C=O) groups is 1. The molecule has 0 saturated carbocycles. The number of aliphatic hydroxyl groups excluding tert-OH is 1. The van der Waals surface area contributed by atoms with Gasteiger partial charge in [-0.3, -0.25) is 5.32 Å². The first-order valence-corrected chi connectivity index (χ1v) is 8.27. The first-order valence-electron chi connectivity index (χ1n) is 8.27. The number of nitrogens with zero attached hydrogens (tertiary/aromatic N) is 2. The third-order valence-electron chi connectivity index (χ3n) is 4.34. The Kier molecular flexibility index (Phi) is 4.85. The predicted molar refractivity (Wildman–Crippen MR) is 90.7 cm³/mol. The summed E-state index contributed by atoms with van der Waals surface area (Å²) in [5.74, 6) is 1.10. The fraction of sp³-hybridized carbons (Fsp3) is 0.444. The summed E-state index contributed by atoms with van der Waals surface area (Å²) < 4.78 is 5.24. The molecular formula is C18H23N3O3. The number of aliphatic hydroxyl groups is 1. The van der Waals surface area contributed by atoms with Gasteiger partial charge in [0, 0.05) is 24.7 Å². The molecule has 0 radical (unpaired) electrons. The molecule has 2 aromatic rings. The molecule has 6 nitrogen and oxygen atoms in total. The number of urea groups is 1. The third-order valence-corrected chi connectivity index (χ3v) is 4.34. The number of anilines is 1. The van der Waals surface area contributed by atoms with Crippen molar-refractivity contribution in [2.24, 2.45) is 0 Å². The molecule has 3 heterocycles. The zero-order chi connectivity index (χ0) is 17.1. The highest BCUT2D eigenvalue weighted by Crippen LogP contribution is 2.28. The van der Waals surface area contributed by atoms with Crippen molar-refractivity contribution in [2.75, 3.05) is 11.9 Å². The van der Waals surface area contributed by atoms with E-state index in [0.717, 1.165) is 24.1 Å². The average Bonchev–Trinajstić information content (AvgIpc) is 3.17. The summed E-state index contributed by atoms with van der Waals surface area (Å²) >= 11 is 0. The highest BCUT2D eigenvalue weighted by molar-refractivity contribution is 5.88. The number of carbonyl (C=O) groups excluding carboxylic acids is 1. The number of furan rings is 1. The second kappa shape index (κ2) is 7.05. The third kappa shape index (κ3) is 3.76. The van der Waals surface area contributed by atoms with E-state index in [-0.39, 0.29) is 12.1 Å². The lowest BCUT2D eigenvalue weighted by Crippen LogP contribution is -2.39. The van der Waals surface area contributed by atoms with Crippen LogP contribution in [-0.2, 0) is 0 Å². The van der Waals surface area contributed by atoms with E-state index in [1.807, 2.05) is 26.0 Å². The van der Waals surface area contributed by atoms with E-state index in [2.05, 4.69) is 10.3 Å². The van der Waals surface area contributed by atoms with Crippen molar-refractivity contribution in [3.63, 3.8) is 0 Å². The molecule has 0 bridgehead atoms. The maximum atomic E-state index is 12.6. The van der Waals surface area contributed by atoms with Crippen LogP contribution in [0.3, 0.4) is 0 Å². The second-order valence-corrected chi connectivity index (χ2v) is 6.36. The monoisotopic (exact) mass is 329 g/mol. The van der Waals surface area contributed by atoms with Gasteiger partial charge in [0.2, 0.25) is 0 Å². The standard InChI is InChI=1S/C18H23N3O3/c1-12-9-13(2)19-17(10-12)20-18(23)21-7-3-5-14(21)11-15(22)16-6-4-8-24-16/h4,6,8-10,14-15,22H,3,5,7,11H2,1-2H3,(H,19,20,23)/t14-,15+/m0/s1. The van der Waals surface area contributed by atoms with Crippen LogP contribution in [0.4, 0.5) is 10.6 Å². The first kappa shape index (κ1) is 16.5. The van der Waals surface area contributed by atoms with Crippen LogP contribution >= 0.6 is 0 Å². The zero-order valence-corrected chi connectivity index (χ0v) is 14.0. The SMILES string of the molecule is Cc1cc(C)nc(NC(=O)N2CCC[C@H]2C[C@@H](O)c2ccco2)c1. The topological polar surface area (TPSA) is 78.6 Å². The zero-order valence-electron chi connectivity index (χ0n) is 14.0. The predicted octanol–water partition coefficient (Wildman–Crippen LogP) is 3.41. The van der Waals surface area contributed by atoms with Gasteiger partial charge in [0.25, 0.3) is 0 Å². The Hall–Kier alpha value is -2.34. The minimum absolute atomic E-state index is 0.00370. The maximum absolute atomic E-state index is 12.6. The molecule has 24 heavy (non-hydrogen) atoms. The van der Waals surface area contributed by atoms with E-state index in [1.54, 1.807) is 23.3 Å². The molecule has 0 aliphatic carbocycles. The van der Waals surface area contributed by atoms with Crippen molar-refractivity contribution < 1.29 is 14.3 Å². The Morgan fingerprint density at radius 1 is 1.50 bits per heavy atom. The van der Waals surface area contributed by atoms with Gasteiger partial charge >= 0.3 is 6.03 Å². The largest absolute Gasteiger partial charge is 0.467 e. The molecule has 6 heteroatoms. The fourth-order valence-corrected chi connectivity index (χ4v) is 3.29. The van der Waals surface area contributed by atoms with Gasteiger partial charge in [-0.05, 0) is 56.5 Å². The summed E-state index contributed by atoms with van der Waals surface area (Å²) in [7, 11) is 0. The second-order valence-electron chi connectivity index (χ2n) is 6.36. The van der Waals surface area contributed by atoms with Crippen LogP contribution in [0.5, 0.6) is 0 Å². The van der Waals surface area contributed by atoms with Crippen LogP contribution in [-0.4, -0.2) is 33.6 Å². The van der Waals surface area contributed by atoms with Crippen molar-refractivity contribution in [1.82, 2.24) is 9.88 Å². The molecule has 0 unspecified atom stereocenters. The lowest BCUT2D eigenvalue weighted by molar-refractivity contribution is 0.110. The van der Waals surface area contributed by atoms with Gasteiger partial charge in [0.15, 0.2) is 0 Å². The molecule has 128 valence electrons. The highest BCUT2D eigenvalue weighted by Gasteiger charge is 2.31. The summed E-state index contributed by atoms with van der Waals surface area (Å²) in [5, 5.41) is 13.1. The Bertz CT molecular complexity index is 679. The van der Waals surface area contributed by atoms with Gasteiger partial charge < -0.3 is 14.4 Å². The molecule has 1 aliphatic heterocycles. The van der Waals surface area contributed by atoms with Crippen LogP contribution in [0, 0.1) is 13.8 Å². The van der Waals surface area contributed by atoms with Crippen molar-refractivity contribution in [2.45, 2.75) is 45.3 Å². The number of hydrogen-bond donors (Lipinski definition) is 2. The molecule has 0 spiro atoms. The summed E-state index contributed by atoms with van der Waals surface area (Å²) in [6.45, 7) is 4.57. The van der Waals surface area contributed by atoms with Gasteiger partial charge in [-0.15, -0.1) is 0 Å². The molecule has 2 atom stereocenters. The molecular weight excluding hydrogens is 306 g/mol. The summed E-state index contributed by atoms with van der Waals surface area (Å²) in [6, 6.07) is 7.16. The first-order chi connectivity index (χ1) is 11.5. The van der Waals surface area contributed by atoms with E-state index in [1.165, 1.54) is 0 Å². The number of hydrogen-bond acceptors (Lipinski definition) is 4. The summed E-state index contributed by atoms with van der Waals surface area (Å²) in [6.07, 6.45) is 3.14. The normalized spacial score (nSPS) is 18.6. The smallest absolute Gasteiger partial charge is 0.323 e. The number of amides is 2. The number of rotatable bonds is 4. The molecule has 0 aromatic carbocycles. The van der Waals surface area contributed by atoms with Gasteiger partial charge in [-0.1, -0.05) is 0 Å². The van der Waals surface area contributed by atoms with E-state index >= 15 is 0 Å². The fourth-order valence-electron chi connectivity index (χ4n) is 3.29. The molecule has 3 rings (SSSR count). The van der Waals surface area contributed by atoms with E-state index in [9.17, 15) is 9.90 Å². The van der Waals surface area contributed by atoms with Crippen LogP contribution in [0.25, 0.3) is 0 Å². The average molecular weight is 329 g/mol. The molecule has 2 N–H and O–H groups in total. The maximum Gasteiger partial charge on any atom is 0.323 e. The number of pyridine rings is 1. The lowest BCUT2D eigenvalue weighted by Gasteiger charge is -2.26. The highest BCUT2D eigenvalue weighted by atomic mass is 16.4. The van der Waals surface area contributed by atoms with E-state index < -0.39 is 6.10 Å². The molecule has 2 amide bonds. The van der Waals surface area contributed by atoms with Crippen LogP contribution < -0.4 is 5.32 Å². The molecule has 2 aromatic heterocycles. The van der Waals surface area contributed by atoms with Crippen LogP contribution in [0.15, 0.2) is 34.9 Å². The summed E-state index contributed by atoms with van der Waals surface area (Å²) in [5.41, 5.74) is 1.93. The van der Waals surface area contributed by atoms with Crippen LogP contribution in [0.1, 0.15) is 42.4 Å². The Morgan fingerprint density at radius 2 is 2.33 bits per heavy atom. The minimum Gasteiger partial charge on any atom is -0.467 e. The van der Waals surface area contributed by atoms with Crippen molar-refractivity contribution in [1.29, 1.82) is 0 Å². The van der Waals surface area contributed by atoms with Crippen LogP contribution in [0.2, 0.25) is 0 Å². The Labute approximate surface area is 141 Å². The van der Waals surface area contributed by atoms with Crippen molar-refractivity contribution >= 4 is 11.8 Å². The number of likely N-dealkylation sites (tertiary alicyclic amines) is 1. The molecule has 1 aliphatic rings. The quantitative estimate of drug-likeness (QED) is 0.901. The molecule has 1 saturated heterocycles. The Morgan fingerprint density at radius 3 is 3.04 bits per heavy atom. The van der Waals surface area contributed by atoms with Gasteiger partial charge in [0.05, 0.1) is 6.26 Å². The van der Waals surface area contributed by atoms with Crippen molar-refractivity contribution in [3.05, 3.63) is 47.5 Å².